The molecule has 1 aliphatic heterocycles. The highest BCUT2D eigenvalue weighted by atomic mass is 16.3. The highest BCUT2D eigenvalue weighted by molar-refractivity contribution is 5.34. The third-order valence-electron chi connectivity index (χ3n) is 2.62. The quantitative estimate of drug-likeness (QED) is 0.676. The molecule has 2 heteroatoms. The molecule has 0 saturated carbocycles. The highest BCUT2D eigenvalue weighted by Gasteiger charge is 2.13. The molecule has 2 nitrogen and oxygen atoms in total. The number of aliphatic hydroxyl groups excluding tert-OH is 1. The van der Waals surface area contributed by atoms with Gasteiger partial charge in [0, 0.05) is 12.6 Å². The van der Waals surface area contributed by atoms with Crippen molar-refractivity contribution in [3.63, 3.8) is 0 Å². The summed E-state index contributed by atoms with van der Waals surface area (Å²) in [5, 5.41) is 12.4. The van der Waals surface area contributed by atoms with Crippen molar-refractivity contribution in [2.45, 2.75) is 32.5 Å². The number of benzene rings is 1. The van der Waals surface area contributed by atoms with Crippen LogP contribution in [0, 0.1) is 0 Å². The first-order chi connectivity index (χ1) is 6.29. The highest BCUT2D eigenvalue weighted by Crippen LogP contribution is 2.18. The molecule has 2 rings (SSSR count). The number of rotatable bonds is 1. The standard InChI is InChI=1S/C11H15NO/c1-8-4-10-3-2-9(7-13)5-11(10)6-12-8/h2-3,5,8,12-13H,4,6-7H2,1H3/t8-/m1/s1. The summed E-state index contributed by atoms with van der Waals surface area (Å²) >= 11 is 0. The van der Waals surface area contributed by atoms with Gasteiger partial charge in [-0.1, -0.05) is 18.2 Å². The fraction of sp³-hybridized carbons (Fsp3) is 0.455. The Morgan fingerprint density at radius 2 is 2.31 bits per heavy atom. The monoisotopic (exact) mass is 177 g/mol. The fourth-order valence-electron chi connectivity index (χ4n) is 1.83. The van der Waals surface area contributed by atoms with E-state index >= 15 is 0 Å². The molecule has 0 saturated heterocycles. The maximum atomic E-state index is 8.97. The van der Waals surface area contributed by atoms with E-state index in [2.05, 4.69) is 24.4 Å². The summed E-state index contributed by atoms with van der Waals surface area (Å²) in [7, 11) is 0. The number of fused-ring (bicyclic) bond motifs is 1. The van der Waals surface area contributed by atoms with E-state index in [1.165, 1.54) is 11.1 Å². The van der Waals surface area contributed by atoms with Crippen molar-refractivity contribution >= 4 is 0 Å². The number of nitrogens with one attached hydrogen (secondary N) is 1. The third-order valence-corrected chi connectivity index (χ3v) is 2.62. The zero-order valence-electron chi connectivity index (χ0n) is 7.88. The van der Waals surface area contributed by atoms with E-state index in [1.807, 2.05) is 6.07 Å². The van der Waals surface area contributed by atoms with Gasteiger partial charge in [0.15, 0.2) is 0 Å². The second-order valence-corrected chi connectivity index (χ2v) is 3.75. The third kappa shape index (κ3) is 1.74. The van der Waals surface area contributed by atoms with Crippen LogP contribution in [-0.2, 0) is 19.6 Å². The molecule has 1 aromatic rings. The van der Waals surface area contributed by atoms with Crippen LogP contribution < -0.4 is 5.32 Å². The van der Waals surface area contributed by atoms with Crippen molar-refractivity contribution in [3.8, 4) is 0 Å². The van der Waals surface area contributed by atoms with E-state index in [0.717, 1.165) is 18.5 Å². The Labute approximate surface area is 78.6 Å². The molecule has 0 bridgehead atoms. The summed E-state index contributed by atoms with van der Waals surface area (Å²) in [5.41, 5.74) is 3.77. The van der Waals surface area contributed by atoms with E-state index in [0.29, 0.717) is 6.04 Å². The van der Waals surface area contributed by atoms with E-state index < -0.39 is 0 Å². The van der Waals surface area contributed by atoms with Gasteiger partial charge in [-0.3, -0.25) is 0 Å². The lowest BCUT2D eigenvalue weighted by atomic mass is 9.95. The molecule has 70 valence electrons. The van der Waals surface area contributed by atoms with Gasteiger partial charge in [0.1, 0.15) is 0 Å². The summed E-state index contributed by atoms with van der Waals surface area (Å²) in [6.45, 7) is 3.27. The minimum atomic E-state index is 0.142. The molecular weight excluding hydrogens is 162 g/mol. The van der Waals surface area contributed by atoms with Crippen LogP contribution in [0.15, 0.2) is 18.2 Å². The Bertz CT molecular complexity index is 309. The van der Waals surface area contributed by atoms with Crippen molar-refractivity contribution in [3.05, 3.63) is 34.9 Å². The van der Waals surface area contributed by atoms with Gasteiger partial charge < -0.3 is 10.4 Å². The van der Waals surface area contributed by atoms with Gasteiger partial charge in [0.25, 0.3) is 0 Å². The zero-order chi connectivity index (χ0) is 9.26. The summed E-state index contributed by atoms with van der Waals surface area (Å²) in [6, 6.07) is 6.82. The molecule has 0 radical (unpaired) electrons. The van der Waals surface area contributed by atoms with Crippen molar-refractivity contribution in [2.75, 3.05) is 0 Å². The Kier molecular flexibility index (Phi) is 2.34. The van der Waals surface area contributed by atoms with E-state index in [9.17, 15) is 0 Å². The first-order valence-electron chi connectivity index (χ1n) is 4.74. The van der Waals surface area contributed by atoms with Crippen LogP contribution in [0.5, 0.6) is 0 Å². The molecule has 0 unspecified atom stereocenters. The molecule has 0 aliphatic carbocycles. The van der Waals surface area contributed by atoms with Gasteiger partial charge in [-0.15, -0.1) is 0 Å². The Balaban J connectivity index is 2.31. The lowest BCUT2D eigenvalue weighted by Gasteiger charge is -2.23. The van der Waals surface area contributed by atoms with E-state index in [4.69, 9.17) is 5.11 Å². The first kappa shape index (κ1) is 8.73. The van der Waals surface area contributed by atoms with Gasteiger partial charge in [-0.2, -0.15) is 0 Å². The van der Waals surface area contributed by atoms with Crippen molar-refractivity contribution < 1.29 is 5.11 Å². The van der Waals surface area contributed by atoms with Gasteiger partial charge in [0.2, 0.25) is 0 Å². The Morgan fingerprint density at radius 1 is 1.46 bits per heavy atom. The van der Waals surface area contributed by atoms with Crippen LogP contribution in [0.2, 0.25) is 0 Å². The van der Waals surface area contributed by atoms with Crippen molar-refractivity contribution in [1.29, 1.82) is 0 Å². The average Bonchev–Trinajstić information content (AvgIpc) is 2.17. The van der Waals surface area contributed by atoms with E-state index in [-0.39, 0.29) is 6.61 Å². The predicted molar refractivity (Wildman–Crippen MR) is 52.4 cm³/mol. The largest absolute Gasteiger partial charge is 0.392 e. The molecule has 0 spiro atoms. The first-order valence-corrected chi connectivity index (χ1v) is 4.74. The summed E-state index contributed by atoms with van der Waals surface area (Å²) in [6.07, 6.45) is 1.10. The Hall–Kier alpha value is -0.860. The lowest BCUT2D eigenvalue weighted by molar-refractivity contribution is 0.281. The molecule has 1 atom stereocenters. The zero-order valence-corrected chi connectivity index (χ0v) is 7.88. The SMILES string of the molecule is C[C@@H]1Cc2ccc(CO)cc2CN1. The predicted octanol–water partition coefficient (Wildman–Crippen LogP) is 1.21. The van der Waals surface area contributed by atoms with Crippen molar-refractivity contribution in [1.82, 2.24) is 5.32 Å². The number of hydrogen-bond acceptors (Lipinski definition) is 2. The summed E-state index contributed by atoms with van der Waals surface area (Å²) in [5.74, 6) is 0. The fourth-order valence-corrected chi connectivity index (χ4v) is 1.83. The molecule has 0 fully saturated rings. The molecule has 1 aromatic carbocycles. The number of hydrogen-bond donors (Lipinski definition) is 2. The molecule has 2 N–H and O–H groups in total. The van der Waals surface area contributed by atoms with Crippen LogP contribution >= 0.6 is 0 Å². The topological polar surface area (TPSA) is 32.3 Å². The average molecular weight is 177 g/mol. The molecule has 0 aromatic heterocycles. The van der Waals surface area contributed by atoms with Gasteiger partial charge in [-0.05, 0) is 30.0 Å². The van der Waals surface area contributed by atoms with Crippen LogP contribution in [0.25, 0.3) is 0 Å². The molecule has 1 heterocycles. The smallest absolute Gasteiger partial charge is 0.0681 e. The van der Waals surface area contributed by atoms with Crippen LogP contribution in [0.1, 0.15) is 23.6 Å². The van der Waals surface area contributed by atoms with Gasteiger partial charge in [-0.25, -0.2) is 0 Å². The van der Waals surface area contributed by atoms with Gasteiger partial charge >= 0.3 is 0 Å². The number of aliphatic hydroxyl groups is 1. The molecular formula is C11H15NO. The maximum Gasteiger partial charge on any atom is 0.0681 e. The summed E-state index contributed by atoms with van der Waals surface area (Å²) in [4.78, 5) is 0. The maximum absolute atomic E-state index is 8.97. The van der Waals surface area contributed by atoms with Gasteiger partial charge in [0.05, 0.1) is 6.61 Å². The van der Waals surface area contributed by atoms with Crippen molar-refractivity contribution in [2.24, 2.45) is 0 Å². The van der Waals surface area contributed by atoms with E-state index in [1.54, 1.807) is 0 Å². The normalized spacial score (nSPS) is 21.2. The lowest BCUT2D eigenvalue weighted by Crippen LogP contribution is -2.32. The minimum Gasteiger partial charge on any atom is -0.392 e. The second-order valence-electron chi connectivity index (χ2n) is 3.75. The van der Waals surface area contributed by atoms with Crippen LogP contribution in [0.4, 0.5) is 0 Å². The minimum absolute atomic E-state index is 0.142. The second kappa shape index (κ2) is 3.48. The molecule has 13 heavy (non-hydrogen) atoms. The van der Waals surface area contributed by atoms with Crippen LogP contribution in [0.3, 0.4) is 0 Å². The van der Waals surface area contributed by atoms with Crippen LogP contribution in [-0.4, -0.2) is 11.1 Å². The molecule has 0 amide bonds. The Morgan fingerprint density at radius 3 is 3.08 bits per heavy atom. The molecule has 1 aliphatic rings. The summed E-state index contributed by atoms with van der Waals surface area (Å²) < 4.78 is 0.